The van der Waals surface area contributed by atoms with Crippen LogP contribution in [0.5, 0.6) is 5.75 Å². The van der Waals surface area contributed by atoms with Gasteiger partial charge in [-0.25, -0.2) is 0 Å². The van der Waals surface area contributed by atoms with Crippen LogP contribution >= 0.6 is 0 Å². The summed E-state index contributed by atoms with van der Waals surface area (Å²) < 4.78 is 4.53. The molecule has 2 aromatic carbocycles. The van der Waals surface area contributed by atoms with Crippen LogP contribution < -0.4 is 10.4 Å². The van der Waals surface area contributed by atoms with Gasteiger partial charge in [0, 0.05) is 5.69 Å². The molecular weight excluding hydrogens is 241 g/mol. The van der Waals surface area contributed by atoms with Crippen LogP contribution in [-0.2, 0) is 0 Å². The molecule has 2 rings (SSSR count). The average Bonchev–Trinajstić information content (AvgIpc) is 2.28. The van der Waals surface area contributed by atoms with Crippen molar-refractivity contribution in [2.24, 2.45) is 0 Å². The third kappa shape index (κ3) is 6.50. The Morgan fingerprint density at radius 3 is 1.89 bits per heavy atom. The first-order valence-electron chi connectivity index (χ1n) is 5.89. The highest BCUT2D eigenvalue weighted by atomic mass is 16.6. The van der Waals surface area contributed by atoms with Gasteiger partial charge in [0.1, 0.15) is 5.75 Å². The summed E-state index contributed by atoms with van der Waals surface area (Å²) in [5, 5.41) is 16.7. The number of hydrogen-bond donors (Lipinski definition) is 3. The van der Waals surface area contributed by atoms with Gasteiger partial charge in [-0.3, -0.25) is 0 Å². The number of aryl methyl sites for hydroxylation is 2. The Bertz CT molecular complexity index is 453. The summed E-state index contributed by atoms with van der Waals surface area (Å²) in [6.07, 6.45) is 0. The fourth-order valence-electron chi connectivity index (χ4n) is 1.63. The highest BCUT2D eigenvalue weighted by Crippen LogP contribution is 2.09. The summed E-state index contributed by atoms with van der Waals surface area (Å²) in [6, 6.07) is 14.6. The van der Waals surface area contributed by atoms with E-state index in [1.807, 2.05) is 32.0 Å². The minimum atomic E-state index is -1.73. The lowest BCUT2D eigenvalue weighted by Crippen LogP contribution is -2.20. The van der Waals surface area contributed by atoms with Crippen LogP contribution in [0.4, 0.5) is 5.69 Å². The number of anilines is 1. The predicted octanol–water partition coefficient (Wildman–Crippen LogP) is 1.92. The summed E-state index contributed by atoms with van der Waals surface area (Å²) in [7, 11) is -1.73. The first kappa shape index (κ1) is 15.1. The van der Waals surface area contributed by atoms with Crippen molar-refractivity contribution in [3.05, 3.63) is 59.7 Å². The van der Waals surface area contributed by atoms with E-state index < -0.39 is 7.32 Å². The fourth-order valence-corrected chi connectivity index (χ4v) is 1.63. The minimum Gasteiger partial charge on any atom is -0.512 e. The molecule has 0 fully saturated rings. The van der Waals surface area contributed by atoms with E-state index in [2.05, 4.69) is 10.7 Å². The van der Waals surface area contributed by atoms with Crippen molar-refractivity contribution < 1.29 is 14.7 Å². The zero-order valence-electron chi connectivity index (χ0n) is 11.1. The van der Waals surface area contributed by atoms with Gasteiger partial charge in [0.15, 0.2) is 0 Å². The Morgan fingerprint density at radius 1 is 0.947 bits per heavy atom. The van der Waals surface area contributed by atoms with Crippen LogP contribution in [-0.4, -0.2) is 17.4 Å². The van der Waals surface area contributed by atoms with E-state index in [0.717, 1.165) is 5.69 Å². The molecule has 0 heterocycles. The smallest absolute Gasteiger partial charge is 0.512 e. The van der Waals surface area contributed by atoms with Gasteiger partial charge in [0.25, 0.3) is 0 Å². The predicted molar refractivity (Wildman–Crippen MR) is 77.6 cm³/mol. The Hall–Kier alpha value is -1.98. The van der Waals surface area contributed by atoms with E-state index in [-0.39, 0.29) is 0 Å². The summed E-state index contributed by atoms with van der Waals surface area (Å²) in [5.41, 5.74) is 8.87. The van der Waals surface area contributed by atoms with Crippen molar-refractivity contribution in [1.82, 2.24) is 0 Å². The van der Waals surface area contributed by atoms with Crippen LogP contribution in [0.2, 0.25) is 0 Å². The SMILES string of the molecule is Cc1cc(C)cc(N)c1.OB(O)Oc1ccccc1. The molecule has 0 unspecified atom stereocenters. The van der Waals surface area contributed by atoms with Crippen molar-refractivity contribution >= 4 is 13.0 Å². The Balaban J connectivity index is 0.000000191. The molecule has 0 bridgehead atoms. The average molecular weight is 259 g/mol. The quantitative estimate of drug-likeness (QED) is 0.569. The van der Waals surface area contributed by atoms with Crippen LogP contribution in [0.15, 0.2) is 48.5 Å². The number of para-hydroxylation sites is 1. The first-order valence-corrected chi connectivity index (χ1v) is 5.89. The lowest BCUT2D eigenvalue weighted by Gasteiger charge is -2.01. The number of hydrogen-bond acceptors (Lipinski definition) is 4. The largest absolute Gasteiger partial charge is 0.707 e. The van der Waals surface area contributed by atoms with Crippen LogP contribution in [0.3, 0.4) is 0 Å². The van der Waals surface area contributed by atoms with Crippen molar-refractivity contribution in [3.63, 3.8) is 0 Å². The molecule has 0 saturated heterocycles. The molecule has 100 valence electrons. The van der Waals surface area contributed by atoms with Crippen molar-refractivity contribution in [1.29, 1.82) is 0 Å². The highest BCUT2D eigenvalue weighted by Gasteiger charge is 2.09. The van der Waals surface area contributed by atoms with Crippen LogP contribution in [0, 0.1) is 13.8 Å². The Kier molecular flexibility index (Phi) is 5.92. The van der Waals surface area contributed by atoms with Gasteiger partial charge < -0.3 is 20.4 Å². The molecular formula is C14H18BNO3. The van der Waals surface area contributed by atoms with Crippen molar-refractivity contribution in [2.45, 2.75) is 13.8 Å². The van der Waals surface area contributed by atoms with Gasteiger partial charge in [0.2, 0.25) is 0 Å². The fraction of sp³-hybridized carbons (Fsp3) is 0.143. The number of benzene rings is 2. The lowest BCUT2D eigenvalue weighted by atomic mass is 10.1. The highest BCUT2D eigenvalue weighted by molar-refractivity contribution is 6.33. The van der Waals surface area contributed by atoms with Gasteiger partial charge in [0.05, 0.1) is 0 Å². The Morgan fingerprint density at radius 2 is 1.47 bits per heavy atom. The van der Waals surface area contributed by atoms with E-state index in [1.165, 1.54) is 11.1 Å². The van der Waals surface area contributed by atoms with E-state index in [0.29, 0.717) is 5.75 Å². The summed E-state index contributed by atoms with van der Waals surface area (Å²) in [4.78, 5) is 0. The van der Waals surface area contributed by atoms with Gasteiger partial charge in [-0.15, -0.1) is 0 Å². The second kappa shape index (κ2) is 7.46. The standard InChI is InChI=1S/C8H11N.C6H7BO3/c1-6-3-7(2)5-8(9)4-6;8-7(9)10-6-4-2-1-3-5-6/h3-5H,9H2,1-2H3;1-5,8-9H. The summed E-state index contributed by atoms with van der Waals surface area (Å²) in [6.45, 7) is 4.09. The number of rotatable bonds is 2. The minimum absolute atomic E-state index is 0.442. The van der Waals surface area contributed by atoms with Gasteiger partial charge in [-0.1, -0.05) is 24.3 Å². The zero-order chi connectivity index (χ0) is 14.3. The second-order valence-electron chi connectivity index (χ2n) is 4.18. The van der Waals surface area contributed by atoms with Crippen LogP contribution in [0.1, 0.15) is 11.1 Å². The summed E-state index contributed by atoms with van der Waals surface area (Å²) >= 11 is 0. The molecule has 0 atom stereocenters. The second-order valence-corrected chi connectivity index (χ2v) is 4.18. The zero-order valence-corrected chi connectivity index (χ0v) is 11.1. The molecule has 5 heteroatoms. The third-order valence-corrected chi connectivity index (χ3v) is 2.23. The molecule has 19 heavy (non-hydrogen) atoms. The molecule has 0 aliphatic rings. The van der Waals surface area contributed by atoms with E-state index in [4.69, 9.17) is 15.8 Å². The van der Waals surface area contributed by atoms with Gasteiger partial charge in [-0.2, -0.15) is 0 Å². The molecule has 2 aromatic rings. The maximum Gasteiger partial charge on any atom is 0.707 e. The van der Waals surface area contributed by atoms with E-state index in [1.54, 1.807) is 24.3 Å². The van der Waals surface area contributed by atoms with Crippen molar-refractivity contribution in [3.8, 4) is 5.75 Å². The van der Waals surface area contributed by atoms with Crippen LogP contribution in [0.25, 0.3) is 0 Å². The van der Waals surface area contributed by atoms with E-state index in [9.17, 15) is 0 Å². The monoisotopic (exact) mass is 259 g/mol. The van der Waals surface area contributed by atoms with Crippen molar-refractivity contribution in [2.75, 3.05) is 5.73 Å². The molecule has 4 N–H and O–H groups in total. The molecule has 0 aromatic heterocycles. The molecule has 4 nitrogen and oxygen atoms in total. The third-order valence-electron chi connectivity index (χ3n) is 2.23. The maximum absolute atomic E-state index is 8.34. The van der Waals surface area contributed by atoms with Gasteiger partial charge >= 0.3 is 7.32 Å². The molecule has 0 amide bonds. The molecule has 0 aliphatic carbocycles. The Labute approximate surface area is 113 Å². The lowest BCUT2D eigenvalue weighted by molar-refractivity contribution is 0.288. The molecule has 0 aliphatic heterocycles. The van der Waals surface area contributed by atoms with Gasteiger partial charge in [-0.05, 0) is 49.2 Å². The molecule has 0 spiro atoms. The summed E-state index contributed by atoms with van der Waals surface area (Å²) in [5.74, 6) is 0.442. The maximum atomic E-state index is 8.34. The topological polar surface area (TPSA) is 75.7 Å². The number of nitrogens with two attached hydrogens (primary N) is 1. The molecule has 0 saturated carbocycles. The normalized spacial score (nSPS) is 9.26. The molecule has 0 radical (unpaired) electrons. The van der Waals surface area contributed by atoms with E-state index >= 15 is 0 Å². The first-order chi connectivity index (χ1) is 8.97. The number of nitrogen functional groups attached to an aromatic ring is 1.